The Kier molecular flexibility index (Phi) is 2.78. The third-order valence-corrected chi connectivity index (χ3v) is 3.14. The maximum Gasteiger partial charge on any atom is 0.147 e. The number of benzene rings is 1. The number of fused-ring (bicyclic) bond motifs is 1. The topological polar surface area (TPSA) is 20.3 Å². The summed E-state index contributed by atoms with van der Waals surface area (Å²) in [5.74, 6) is 0. The molecule has 15 heavy (non-hydrogen) atoms. The van der Waals surface area contributed by atoms with Crippen molar-refractivity contribution in [3.63, 3.8) is 0 Å². The smallest absolute Gasteiger partial charge is 0.147 e. The van der Waals surface area contributed by atoms with Crippen LogP contribution in [-0.2, 0) is 4.79 Å². The van der Waals surface area contributed by atoms with Gasteiger partial charge in [0.15, 0.2) is 0 Å². The third kappa shape index (κ3) is 1.77. The van der Waals surface area contributed by atoms with Crippen LogP contribution in [0.3, 0.4) is 0 Å². The van der Waals surface area contributed by atoms with Crippen LogP contribution in [0, 0.1) is 0 Å². The van der Waals surface area contributed by atoms with Gasteiger partial charge in [0.1, 0.15) is 6.29 Å². The molecule has 0 bridgehead atoms. The van der Waals surface area contributed by atoms with Gasteiger partial charge in [-0.1, -0.05) is 29.8 Å². The molecule has 0 fully saturated rings. The number of hydrogen-bond acceptors (Lipinski definition) is 2. The summed E-state index contributed by atoms with van der Waals surface area (Å²) in [6, 6.07) is 7.88. The minimum Gasteiger partial charge on any atom is -0.374 e. The maximum absolute atomic E-state index is 10.9. The van der Waals surface area contributed by atoms with Gasteiger partial charge in [-0.15, -0.1) is 0 Å². The van der Waals surface area contributed by atoms with Crippen molar-refractivity contribution in [1.29, 1.82) is 0 Å². The van der Waals surface area contributed by atoms with Crippen molar-refractivity contribution in [3.05, 3.63) is 35.4 Å². The average Bonchev–Trinajstić information content (AvgIpc) is 2.39. The van der Waals surface area contributed by atoms with Crippen molar-refractivity contribution < 1.29 is 4.79 Å². The van der Waals surface area contributed by atoms with Crippen LogP contribution in [0.15, 0.2) is 29.8 Å². The van der Waals surface area contributed by atoms with Crippen molar-refractivity contribution in [2.45, 2.75) is 6.42 Å². The van der Waals surface area contributed by atoms with E-state index in [-0.39, 0.29) is 0 Å². The van der Waals surface area contributed by atoms with Crippen LogP contribution in [-0.4, -0.2) is 19.9 Å². The van der Waals surface area contributed by atoms with E-state index in [0.29, 0.717) is 17.0 Å². The lowest BCUT2D eigenvalue weighted by Gasteiger charge is -2.18. The average molecular weight is 222 g/mol. The summed E-state index contributed by atoms with van der Waals surface area (Å²) in [4.78, 5) is 13.0. The van der Waals surface area contributed by atoms with Gasteiger partial charge in [-0.05, 0) is 12.5 Å². The number of carbonyl (C=O) groups excluding carboxylic acids is 1. The Morgan fingerprint density at radius 2 is 2.13 bits per heavy atom. The van der Waals surface area contributed by atoms with Crippen molar-refractivity contribution >= 4 is 28.6 Å². The highest BCUT2D eigenvalue weighted by Crippen LogP contribution is 2.34. The first-order valence-corrected chi connectivity index (χ1v) is 5.26. The van der Waals surface area contributed by atoms with Crippen LogP contribution in [0.1, 0.15) is 12.0 Å². The highest BCUT2D eigenvalue weighted by molar-refractivity contribution is 6.51. The van der Waals surface area contributed by atoms with Crippen LogP contribution in [0.2, 0.25) is 0 Å². The number of anilines is 1. The monoisotopic (exact) mass is 221 g/mol. The molecular formula is C12H12ClNO. The van der Waals surface area contributed by atoms with Crippen molar-refractivity contribution in [2.75, 3.05) is 18.5 Å². The second kappa shape index (κ2) is 4.07. The molecule has 2 nitrogen and oxygen atoms in total. The van der Waals surface area contributed by atoms with E-state index >= 15 is 0 Å². The lowest BCUT2D eigenvalue weighted by Crippen LogP contribution is -2.18. The van der Waals surface area contributed by atoms with E-state index in [2.05, 4.69) is 4.90 Å². The highest BCUT2D eigenvalue weighted by atomic mass is 35.5. The molecule has 3 heteroatoms. The molecule has 2 rings (SSSR count). The molecule has 0 saturated heterocycles. The summed E-state index contributed by atoms with van der Waals surface area (Å²) in [5, 5.41) is 0.588. The molecule has 0 saturated carbocycles. The first-order chi connectivity index (χ1) is 7.24. The Hall–Kier alpha value is -1.28. The fourth-order valence-corrected chi connectivity index (χ4v) is 2.09. The van der Waals surface area contributed by atoms with Gasteiger partial charge in [-0.3, -0.25) is 4.79 Å². The predicted molar refractivity (Wildman–Crippen MR) is 63.2 cm³/mol. The van der Waals surface area contributed by atoms with Crippen LogP contribution in [0.4, 0.5) is 5.69 Å². The van der Waals surface area contributed by atoms with Gasteiger partial charge in [-0.25, -0.2) is 0 Å². The van der Waals surface area contributed by atoms with Crippen molar-refractivity contribution in [3.8, 4) is 0 Å². The maximum atomic E-state index is 10.9. The van der Waals surface area contributed by atoms with Gasteiger partial charge >= 0.3 is 0 Å². The molecular weight excluding hydrogens is 210 g/mol. The van der Waals surface area contributed by atoms with Crippen LogP contribution in [0.5, 0.6) is 0 Å². The number of aldehydes is 1. The van der Waals surface area contributed by atoms with E-state index in [1.807, 2.05) is 31.3 Å². The van der Waals surface area contributed by atoms with E-state index in [4.69, 9.17) is 11.6 Å². The molecule has 1 aromatic carbocycles. The van der Waals surface area contributed by atoms with Gasteiger partial charge in [0.25, 0.3) is 0 Å². The minimum atomic E-state index is 0.588. The molecule has 0 N–H and O–H groups in total. The van der Waals surface area contributed by atoms with E-state index < -0.39 is 0 Å². The van der Waals surface area contributed by atoms with Crippen LogP contribution >= 0.6 is 11.6 Å². The predicted octanol–water partition coefficient (Wildman–Crippen LogP) is 2.68. The summed E-state index contributed by atoms with van der Waals surface area (Å²) in [6.45, 7) is 0.821. The molecule has 0 spiro atoms. The Morgan fingerprint density at radius 3 is 2.87 bits per heavy atom. The van der Waals surface area contributed by atoms with E-state index in [1.54, 1.807) is 0 Å². The van der Waals surface area contributed by atoms with Gasteiger partial charge in [0, 0.05) is 30.4 Å². The molecule has 1 aliphatic rings. The summed E-state index contributed by atoms with van der Waals surface area (Å²) in [7, 11) is 2.01. The van der Waals surface area contributed by atoms with Crippen molar-refractivity contribution in [1.82, 2.24) is 0 Å². The zero-order valence-corrected chi connectivity index (χ0v) is 9.29. The highest BCUT2D eigenvalue weighted by Gasteiger charge is 2.17. The molecule has 1 heterocycles. The van der Waals surface area contributed by atoms with Crippen molar-refractivity contribution in [2.24, 2.45) is 0 Å². The SMILES string of the molecule is CN1CCC(C=O)=C(Cl)c2ccccc21. The summed E-state index contributed by atoms with van der Waals surface area (Å²) in [6.07, 6.45) is 1.56. The van der Waals surface area contributed by atoms with Gasteiger partial charge < -0.3 is 4.90 Å². The van der Waals surface area contributed by atoms with Crippen LogP contribution < -0.4 is 4.90 Å². The molecule has 1 aromatic rings. The van der Waals surface area contributed by atoms with Gasteiger partial charge in [0.05, 0.1) is 5.03 Å². The molecule has 1 aliphatic heterocycles. The molecule has 0 atom stereocenters. The Bertz CT molecular complexity index is 425. The fourth-order valence-electron chi connectivity index (χ4n) is 1.79. The molecule has 0 aromatic heterocycles. The zero-order valence-electron chi connectivity index (χ0n) is 8.53. The van der Waals surface area contributed by atoms with Gasteiger partial charge in [-0.2, -0.15) is 0 Å². The minimum absolute atomic E-state index is 0.588. The fraction of sp³-hybridized carbons (Fsp3) is 0.250. The number of para-hydroxylation sites is 1. The number of rotatable bonds is 1. The molecule has 0 radical (unpaired) electrons. The molecule has 0 amide bonds. The second-order valence-electron chi connectivity index (χ2n) is 3.65. The number of nitrogens with zero attached hydrogens (tertiary/aromatic N) is 1. The first kappa shape index (κ1) is 10.2. The van der Waals surface area contributed by atoms with E-state index in [9.17, 15) is 4.79 Å². The number of carbonyl (C=O) groups is 1. The molecule has 0 aliphatic carbocycles. The second-order valence-corrected chi connectivity index (χ2v) is 4.02. The number of hydrogen-bond donors (Lipinski definition) is 0. The molecule has 78 valence electrons. The van der Waals surface area contributed by atoms with E-state index in [0.717, 1.165) is 24.1 Å². The first-order valence-electron chi connectivity index (χ1n) is 4.88. The Morgan fingerprint density at radius 1 is 1.40 bits per heavy atom. The standard InChI is InChI=1S/C12H12ClNO/c1-14-7-6-9(8-15)12(13)10-4-2-3-5-11(10)14/h2-5,8H,6-7H2,1H3. The zero-order chi connectivity index (χ0) is 10.8. The Labute approximate surface area is 94.2 Å². The van der Waals surface area contributed by atoms with Gasteiger partial charge in [0.2, 0.25) is 0 Å². The van der Waals surface area contributed by atoms with Crippen LogP contribution in [0.25, 0.3) is 5.03 Å². The normalized spacial score (nSPS) is 16.0. The third-order valence-electron chi connectivity index (χ3n) is 2.69. The Balaban J connectivity index is 2.61. The quantitative estimate of drug-likeness (QED) is 0.680. The summed E-state index contributed by atoms with van der Waals surface area (Å²) < 4.78 is 0. The van der Waals surface area contributed by atoms with E-state index in [1.165, 1.54) is 0 Å². The lowest BCUT2D eigenvalue weighted by atomic mass is 10.1. The molecule has 0 unspecified atom stereocenters. The largest absolute Gasteiger partial charge is 0.374 e. The number of halogens is 1. The summed E-state index contributed by atoms with van der Waals surface area (Å²) >= 11 is 6.20. The lowest BCUT2D eigenvalue weighted by molar-refractivity contribution is -0.104. The summed E-state index contributed by atoms with van der Waals surface area (Å²) in [5.41, 5.74) is 2.72.